The molecule has 2 aliphatic rings. The largest absolute Gasteiger partial charge is 0.388 e. The van der Waals surface area contributed by atoms with Gasteiger partial charge in [0.2, 0.25) is 11.8 Å². The van der Waals surface area contributed by atoms with E-state index in [0.717, 1.165) is 12.0 Å². The van der Waals surface area contributed by atoms with Crippen LogP contribution in [0.3, 0.4) is 0 Å². The molecule has 1 saturated carbocycles. The summed E-state index contributed by atoms with van der Waals surface area (Å²) in [4.78, 5) is 24.8. The fraction of sp³-hybridized carbons (Fsp3) is 0.429. The summed E-state index contributed by atoms with van der Waals surface area (Å²) in [5.41, 5.74) is 0.821. The first-order valence-corrected chi connectivity index (χ1v) is 6.26. The van der Waals surface area contributed by atoms with Gasteiger partial charge in [-0.15, -0.1) is 0 Å². The lowest BCUT2D eigenvalue weighted by molar-refractivity contribution is -0.141. The number of carbonyl (C=O) groups excluding carboxylic acids is 2. The Morgan fingerprint density at radius 2 is 1.78 bits per heavy atom. The van der Waals surface area contributed by atoms with Crippen LogP contribution in [0.5, 0.6) is 0 Å². The third-order valence-electron chi connectivity index (χ3n) is 3.77. The predicted octanol–water partition coefficient (Wildman–Crippen LogP) is 1.12. The number of aliphatic hydroxyl groups is 1. The summed E-state index contributed by atoms with van der Waals surface area (Å²) in [6, 6.07) is 9.29. The van der Waals surface area contributed by atoms with E-state index in [1.165, 1.54) is 4.90 Å². The minimum absolute atomic E-state index is 0.0497. The lowest BCUT2D eigenvalue weighted by Gasteiger charge is -2.18. The fourth-order valence-electron chi connectivity index (χ4n) is 2.56. The molecule has 1 saturated heterocycles. The normalized spacial score (nSPS) is 27.3. The van der Waals surface area contributed by atoms with Gasteiger partial charge >= 0.3 is 0 Å². The van der Waals surface area contributed by atoms with Crippen molar-refractivity contribution in [2.75, 3.05) is 6.54 Å². The van der Waals surface area contributed by atoms with Gasteiger partial charge in [0, 0.05) is 6.54 Å². The Hall–Kier alpha value is -1.68. The summed E-state index contributed by atoms with van der Waals surface area (Å²) in [5, 5.41) is 9.98. The van der Waals surface area contributed by atoms with Crippen LogP contribution in [0.4, 0.5) is 0 Å². The smallest absolute Gasteiger partial charge is 0.233 e. The molecule has 4 heteroatoms. The molecule has 0 bridgehead atoms. The van der Waals surface area contributed by atoms with Crippen LogP contribution in [0, 0.1) is 11.8 Å². The number of carbonyl (C=O) groups is 2. The molecule has 1 N–H and O–H groups in total. The monoisotopic (exact) mass is 245 g/mol. The molecule has 1 aromatic carbocycles. The summed E-state index contributed by atoms with van der Waals surface area (Å²) in [6.45, 7) is 0.320. The Kier molecular flexibility index (Phi) is 2.67. The topological polar surface area (TPSA) is 57.6 Å². The van der Waals surface area contributed by atoms with Crippen molar-refractivity contribution in [1.29, 1.82) is 0 Å². The van der Waals surface area contributed by atoms with Gasteiger partial charge in [0.15, 0.2) is 0 Å². The summed E-state index contributed by atoms with van der Waals surface area (Å²) in [7, 11) is 0. The standard InChI is InChI=1S/C14H15NO3/c16-12(9-4-2-1-3-5-9)6-7-15-13(17)10-8-11(10)14(15)18/h1-5,10-12,16H,6-8H2. The zero-order chi connectivity index (χ0) is 12.7. The number of nitrogens with zero attached hydrogens (tertiary/aromatic N) is 1. The number of piperidine rings is 1. The van der Waals surface area contributed by atoms with Crippen molar-refractivity contribution in [2.45, 2.75) is 18.9 Å². The number of likely N-dealkylation sites (tertiary alicyclic amines) is 1. The van der Waals surface area contributed by atoms with E-state index >= 15 is 0 Å². The lowest BCUT2D eigenvalue weighted by Crippen LogP contribution is -2.34. The molecule has 1 aliphatic heterocycles. The highest BCUT2D eigenvalue weighted by Crippen LogP contribution is 2.47. The van der Waals surface area contributed by atoms with Crippen LogP contribution in [0.1, 0.15) is 24.5 Å². The molecule has 4 nitrogen and oxygen atoms in total. The predicted molar refractivity (Wildman–Crippen MR) is 64.3 cm³/mol. The Morgan fingerprint density at radius 3 is 2.39 bits per heavy atom. The Balaban J connectivity index is 1.59. The van der Waals surface area contributed by atoms with Crippen LogP contribution in [0.2, 0.25) is 0 Å². The first-order chi connectivity index (χ1) is 8.68. The van der Waals surface area contributed by atoms with Gasteiger partial charge in [-0.1, -0.05) is 30.3 Å². The molecule has 2 fully saturated rings. The van der Waals surface area contributed by atoms with Crippen LogP contribution in [-0.2, 0) is 9.59 Å². The molecule has 3 atom stereocenters. The molecular formula is C14H15NO3. The molecule has 1 aromatic rings. The zero-order valence-corrected chi connectivity index (χ0v) is 9.95. The number of rotatable bonds is 4. The van der Waals surface area contributed by atoms with E-state index < -0.39 is 6.10 Å². The van der Waals surface area contributed by atoms with Gasteiger partial charge in [0.25, 0.3) is 0 Å². The first-order valence-electron chi connectivity index (χ1n) is 6.26. The molecule has 94 valence electrons. The van der Waals surface area contributed by atoms with Crippen LogP contribution >= 0.6 is 0 Å². The van der Waals surface area contributed by atoms with Gasteiger partial charge in [-0.3, -0.25) is 14.5 Å². The second kappa shape index (κ2) is 4.21. The maximum atomic E-state index is 11.7. The molecule has 2 amide bonds. The zero-order valence-electron chi connectivity index (χ0n) is 9.95. The fourth-order valence-corrected chi connectivity index (χ4v) is 2.56. The maximum absolute atomic E-state index is 11.7. The number of hydrogen-bond acceptors (Lipinski definition) is 3. The number of aliphatic hydroxyl groups excluding tert-OH is 1. The van der Waals surface area contributed by atoms with E-state index in [4.69, 9.17) is 0 Å². The second-order valence-electron chi connectivity index (χ2n) is 4.99. The van der Waals surface area contributed by atoms with Crippen molar-refractivity contribution in [3.63, 3.8) is 0 Å². The Bertz CT molecular complexity index is 465. The molecular weight excluding hydrogens is 230 g/mol. The summed E-state index contributed by atoms with van der Waals surface area (Å²) >= 11 is 0. The minimum atomic E-state index is -0.622. The number of benzene rings is 1. The molecule has 0 aromatic heterocycles. The van der Waals surface area contributed by atoms with E-state index in [0.29, 0.717) is 13.0 Å². The highest BCUT2D eigenvalue weighted by molar-refractivity contribution is 6.08. The number of imide groups is 1. The van der Waals surface area contributed by atoms with Gasteiger partial charge in [0.1, 0.15) is 0 Å². The van der Waals surface area contributed by atoms with E-state index in [2.05, 4.69) is 0 Å². The second-order valence-corrected chi connectivity index (χ2v) is 4.99. The van der Waals surface area contributed by atoms with Crippen LogP contribution in [0.25, 0.3) is 0 Å². The molecule has 1 heterocycles. The first kappa shape index (κ1) is 11.4. The van der Waals surface area contributed by atoms with Crippen LogP contribution in [0.15, 0.2) is 30.3 Å². The highest BCUT2D eigenvalue weighted by Gasteiger charge is 2.58. The van der Waals surface area contributed by atoms with Crippen molar-refractivity contribution in [1.82, 2.24) is 4.90 Å². The average Bonchev–Trinajstić information content (AvgIpc) is 3.15. The van der Waals surface area contributed by atoms with Crippen molar-refractivity contribution >= 4 is 11.8 Å². The molecule has 0 spiro atoms. The van der Waals surface area contributed by atoms with Crippen molar-refractivity contribution in [3.8, 4) is 0 Å². The van der Waals surface area contributed by atoms with Gasteiger partial charge < -0.3 is 5.11 Å². The lowest BCUT2D eigenvalue weighted by atomic mass is 10.1. The van der Waals surface area contributed by atoms with E-state index in [9.17, 15) is 14.7 Å². The summed E-state index contributed by atoms with van der Waals surface area (Å²) in [5.74, 6) is -0.201. The highest BCUT2D eigenvalue weighted by atomic mass is 16.3. The van der Waals surface area contributed by atoms with Crippen molar-refractivity contribution in [2.24, 2.45) is 11.8 Å². The van der Waals surface area contributed by atoms with Crippen LogP contribution in [-0.4, -0.2) is 28.4 Å². The van der Waals surface area contributed by atoms with Gasteiger partial charge in [-0.25, -0.2) is 0 Å². The summed E-state index contributed by atoms with van der Waals surface area (Å²) in [6.07, 6.45) is 0.514. The average molecular weight is 245 g/mol. The summed E-state index contributed by atoms with van der Waals surface area (Å²) < 4.78 is 0. The Morgan fingerprint density at radius 1 is 1.17 bits per heavy atom. The number of hydrogen-bond donors (Lipinski definition) is 1. The van der Waals surface area contributed by atoms with E-state index in [1.54, 1.807) is 0 Å². The number of amides is 2. The van der Waals surface area contributed by atoms with Gasteiger partial charge in [-0.2, -0.15) is 0 Å². The van der Waals surface area contributed by atoms with Crippen molar-refractivity contribution in [3.05, 3.63) is 35.9 Å². The van der Waals surface area contributed by atoms with E-state index in [1.807, 2.05) is 30.3 Å². The van der Waals surface area contributed by atoms with E-state index in [-0.39, 0.29) is 23.7 Å². The Labute approximate surface area is 105 Å². The number of fused-ring (bicyclic) bond motifs is 1. The van der Waals surface area contributed by atoms with Crippen LogP contribution < -0.4 is 0 Å². The quantitative estimate of drug-likeness (QED) is 0.808. The van der Waals surface area contributed by atoms with Crippen molar-refractivity contribution < 1.29 is 14.7 Å². The molecule has 3 unspecified atom stereocenters. The van der Waals surface area contributed by atoms with Gasteiger partial charge in [-0.05, 0) is 18.4 Å². The van der Waals surface area contributed by atoms with Gasteiger partial charge in [0.05, 0.1) is 17.9 Å². The molecule has 3 rings (SSSR count). The molecule has 0 radical (unpaired) electrons. The third kappa shape index (κ3) is 1.82. The SMILES string of the molecule is O=C1C2CC2C(=O)N1CCC(O)c1ccccc1. The molecule has 18 heavy (non-hydrogen) atoms. The minimum Gasteiger partial charge on any atom is -0.388 e. The third-order valence-corrected chi connectivity index (χ3v) is 3.77. The molecule has 1 aliphatic carbocycles. The maximum Gasteiger partial charge on any atom is 0.233 e.